The van der Waals surface area contributed by atoms with Crippen LogP contribution in [0.15, 0.2) is 54.6 Å². The molecule has 1 saturated carbocycles. The molecule has 1 aliphatic rings. The smallest absolute Gasteiger partial charge is 0.231 e. The quantitative estimate of drug-likeness (QED) is 0.775. The summed E-state index contributed by atoms with van der Waals surface area (Å²) >= 11 is 0. The molecule has 1 fully saturated rings. The van der Waals surface area contributed by atoms with E-state index in [0.29, 0.717) is 0 Å². The molecule has 0 aliphatic heterocycles. The molecule has 3 aromatic rings. The lowest BCUT2D eigenvalue weighted by Crippen LogP contribution is -2.36. The van der Waals surface area contributed by atoms with Gasteiger partial charge in [-0.1, -0.05) is 42.5 Å². The topological polar surface area (TPSA) is 57.8 Å². The number of aromatic amines is 1. The van der Waals surface area contributed by atoms with Crippen LogP contribution in [0.25, 0.3) is 11.0 Å². The van der Waals surface area contributed by atoms with E-state index in [-0.39, 0.29) is 17.4 Å². The predicted octanol–water partition coefficient (Wildman–Crippen LogP) is 3.47. The number of aromatic nitrogens is 2. The fraction of sp³-hybridized carbons (Fsp3) is 0.263. The van der Waals surface area contributed by atoms with Crippen molar-refractivity contribution in [3.8, 4) is 0 Å². The van der Waals surface area contributed by atoms with Gasteiger partial charge < -0.3 is 10.3 Å². The molecular formula is C19H19N3O. The third-order valence-electron chi connectivity index (χ3n) is 4.68. The van der Waals surface area contributed by atoms with Crippen molar-refractivity contribution in [3.05, 3.63) is 66.0 Å². The summed E-state index contributed by atoms with van der Waals surface area (Å²) in [6, 6.07) is 17.8. The molecule has 1 aromatic heterocycles. The molecule has 0 radical (unpaired) electrons. The van der Waals surface area contributed by atoms with Gasteiger partial charge >= 0.3 is 0 Å². The van der Waals surface area contributed by atoms with E-state index in [1.54, 1.807) is 0 Å². The molecule has 0 spiro atoms. The maximum absolute atomic E-state index is 12.8. The van der Waals surface area contributed by atoms with Crippen molar-refractivity contribution in [3.63, 3.8) is 0 Å². The number of H-pyrrole nitrogens is 1. The molecule has 1 heterocycles. The average Bonchev–Trinajstić information content (AvgIpc) is 3.28. The summed E-state index contributed by atoms with van der Waals surface area (Å²) in [4.78, 5) is 20.6. The number of amides is 1. The Bertz CT molecular complexity index is 816. The van der Waals surface area contributed by atoms with Crippen LogP contribution in [0.5, 0.6) is 0 Å². The van der Waals surface area contributed by atoms with Crippen molar-refractivity contribution < 1.29 is 4.79 Å². The summed E-state index contributed by atoms with van der Waals surface area (Å²) in [6.45, 7) is 1.97. The molecule has 4 rings (SSSR count). The molecule has 0 unspecified atom stereocenters. The van der Waals surface area contributed by atoms with Gasteiger partial charge in [-0.3, -0.25) is 4.79 Å². The number of nitrogens with zero attached hydrogens (tertiary/aromatic N) is 1. The van der Waals surface area contributed by atoms with Gasteiger partial charge in [0.1, 0.15) is 5.82 Å². The van der Waals surface area contributed by atoms with E-state index in [2.05, 4.69) is 15.3 Å². The summed E-state index contributed by atoms with van der Waals surface area (Å²) in [7, 11) is 0. The Kier molecular flexibility index (Phi) is 3.18. The number of fused-ring (bicyclic) bond motifs is 1. The zero-order valence-electron chi connectivity index (χ0n) is 13.0. The normalized spacial score (nSPS) is 16.9. The standard InChI is InChI=1S/C19H19N3O/c1-13(17-21-15-9-5-6-10-16(15)22-17)20-18(23)19(11-12-19)14-7-3-2-4-8-14/h2-10,13H,11-12H2,1H3,(H,20,23)(H,21,22)/t13-/m1/s1. The van der Waals surface area contributed by atoms with Crippen LogP contribution in [-0.2, 0) is 10.2 Å². The second-order valence-electron chi connectivity index (χ2n) is 6.28. The highest BCUT2D eigenvalue weighted by Gasteiger charge is 2.51. The minimum atomic E-state index is -0.346. The lowest BCUT2D eigenvalue weighted by molar-refractivity contribution is -0.124. The van der Waals surface area contributed by atoms with E-state index in [4.69, 9.17) is 0 Å². The third-order valence-corrected chi connectivity index (χ3v) is 4.68. The van der Waals surface area contributed by atoms with Crippen molar-refractivity contribution in [2.75, 3.05) is 0 Å². The Morgan fingerprint density at radius 2 is 1.83 bits per heavy atom. The molecule has 0 bridgehead atoms. The zero-order chi connectivity index (χ0) is 15.9. The number of nitrogens with one attached hydrogen (secondary N) is 2. The highest BCUT2D eigenvalue weighted by Crippen LogP contribution is 2.48. The third kappa shape index (κ3) is 2.40. The fourth-order valence-corrected chi connectivity index (χ4v) is 3.11. The van der Waals surface area contributed by atoms with E-state index in [9.17, 15) is 4.79 Å². The van der Waals surface area contributed by atoms with Crippen LogP contribution in [0.4, 0.5) is 0 Å². The van der Waals surface area contributed by atoms with E-state index < -0.39 is 0 Å². The van der Waals surface area contributed by atoms with Gasteiger partial charge in [0, 0.05) is 0 Å². The highest BCUT2D eigenvalue weighted by molar-refractivity contribution is 5.91. The first-order chi connectivity index (χ1) is 11.2. The van der Waals surface area contributed by atoms with Gasteiger partial charge in [-0.25, -0.2) is 4.98 Å². The van der Waals surface area contributed by atoms with Crippen LogP contribution in [0.2, 0.25) is 0 Å². The molecule has 2 N–H and O–H groups in total. The van der Waals surface area contributed by atoms with Crippen molar-refractivity contribution in [1.29, 1.82) is 0 Å². The van der Waals surface area contributed by atoms with Gasteiger partial charge in [-0.05, 0) is 37.5 Å². The first kappa shape index (κ1) is 14.0. The van der Waals surface area contributed by atoms with Crippen LogP contribution in [-0.4, -0.2) is 15.9 Å². The summed E-state index contributed by atoms with van der Waals surface area (Å²) < 4.78 is 0. The molecule has 2 aromatic carbocycles. The van der Waals surface area contributed by atoms with Crippen LogP contribution < -0.4 is 5.32 Å². The van der Waals surface area contributed by atoms with E-state index in [1.807, 2.05) is 61.5 Å². The number of hydrogen-bond acceptors (Lipinski definition) is 2. The van der Waals surface area contributed by atoms with Crippen LogP contribution in [0, 0.1) is 0 Å². The average molecular weight is 305 g/mol. The number of carbonyl (C=O) groups is 1. The van der Waals surface area contributed by atoms with Gasteiger partial charge in [-0.15, -0.1) is 0 Å². The molecule has 0 saturated heterocycles. The number of rotatable bonds is 4. The minimum absolute atomic E-state index is 0.0941. The lowest BCUT2D eigenvalue weighted by atomic mass is 9.95. The summed E-state index contributed by atoms with van der Waals surface area (Å²) in [6.07, 6.45) is 1.82. The van der Waals surface area contributed by atoms with E-state index >= 15 is 0 Å². The van der Waals surface area contributed by atoms with Gasteiger partial charge in [0.2, 0.25) is 5.91 Å². The second-order valence-corrected chi connectivity index (χ2v) is 6.28. The Hall–Kier alpha value is -2.62. The second kappa shape index (κ2) is 5.23. The Morgan fingerprint density at radius 1 is 1.13 bits per heavy atom. The molecule has 1 atom stereocenters. The maximum Gasteiger partial charge on any atom is 0.231 e. The largest absolute Gasteiger partial charge is 0.346 e. The first-order valence-electron chi connectivity index (χ1n) is 8.00. The lowest BCUT2D eigenvalue weighted by Gasteiger charge is -2.19. The molecule has 23 heavy (non-hydrogen) atoms. The van der Waals surface area contributed by atoms with Gasteiger partial charge in [0.25, 0.3) is 0 Å². The highest BCUT2D eigenvalue weighted by atomic mass is 16.2. The van der Waals surface area contributed by atoms with Crippen LogP contribution in [0.1, 0.15) is 37.2 Å². The van der Waals surface area contributed by atoms with Gasteiger partial charge in [0.05, 0.1) is 22.5 Å². The van der Waals surface area contributed by atoms with Gasteiger partial charge in [0.15, 0.2) is 0 Å². The molecular weight excluding hydrogens is 286 g/mol. The fourth-order valence-electron chi connectivity index (χ4n) is 3.11. The Labute approximate surface area is 134 Å². The molecule has 1 amide bonds. The van der Waals surface area contributed by atoms with Crippen LogP contribution in [0.3, 0.4) is 0 Å². The monoisotopic (exact) mass is 305 g/mol. The minimum Gasteiger partial charge on any atom is -0.346 e. The zero-order valence-corrected chi connectivity index (χ0v) is 13.0. The Balaban J connectivity index is 1.54. The molecule has 4 nitrogen and oxygen atoms in total. The van der Waals surface area contributed by atoms with Crippen molar-refractivity contribution in [2.45, 2.75) is 31.2 Å². The van der Waals surface area contributed by atoms with Crippen LogP contribution >= 0.6 is 0 Å². The molecule has 116 valence electrons. The Morgan fingerprint density at radius 3 is 2.52 bits per heavy atom. The SMILES string of the molecule is C[C@@H](NC(=O)C1(c2ccccc2)CC1)c1nc2ccccc2[nH]1. The summed E-state index contributed by atoms with van der Waals surface area (Å²) in [5.74, 6) is 0.889. The number of para-hydroxylation sites is 2. The van der Waals surface area contributed by atoms with Crippen molar-refractivity contribution >= 4 is 16.9 Å². The molecule has 1 aliphatic carbocycles. The number of hydrogen-bond donors (Lipinski definition) is 2. The maximum atomic E-state index is 12.8. The van der Waals surface area contributed by atoms with Crippen molar-refractivity contribution in [2.24, 2.45) is 0 Å². The summed E-state index contributed by atoms with van der Waals surface area (Å²) in [5.41, 5.74) is 2.68. The number of benzene rings is 2. The number of carbonyl (C=O) groups excluding carboxylic acids is 1. The van der Waals surface area contributed by atoms with E-state index in [1.165, 1.54) is 0 Å². The van der Waals surface area contributed by atoms with Gasteiger partial charge in [-0.2, -0.15) is 0 Å². The van der Waals surface area contributed by atoms with E-state index in [0.717, 1.165) is 35.3 Å². The van der Waals surface area contributed by atoms with Crippen molar-refractivity contribution in [1.82, 2.24) is 15.3 Å². The molecule has 4 heteroatoms. The number of imidazole rings is 1. The first-order valence-corrected chi connectivity index (χ1v) is 8.00. The predicted molar refractivity (Wildman–Crippen MR) is 90.0 cm³/mol. The summed E-state index contributed by atoms with van der Waals surface area (Å²) in [5, 5.41) is 3.13.